The standard InChI is InChI=1S/C24H33FN4O/c1-4-26-24(28-19(3)22-10-5-18(2)23(25)15-22)27-16-20-6-8-21(9-7-20)17-29-11-13-30-14-12-29/h5-10,15,19H,4,11-14,16-17H2,1-3H3,(H2,26,27,28). The Kier molecular flexibility index (Phi) is 8.22. The van der Waals surface area contributed by atoms with Crippen molar-refractivity contribution < 1.29 is 9.13 Å². The number of aliphatic imine (C=N–C) groups is 1. The van der Waals surface area contributed by atoms with Crippen LogP contribution in [0, 0.1) is 12.7 Å². The lowest BCUT2D eigenvalue weighted by Gasteiger charge is -2.26. The van der Waals surface area contributed by atoms with Crippen molar-refractivity contribution in [3.63, 3.8) is 0 Å². The molecule has 0 amide bonds. The molecule has 1 fully saturated rings. The molecule has 0 spiro atoms. The van der Waals surface area contributed by atoms with Crippen LogP contribution in [0.15, 0.2) is 47.5 Å². The number of hydrogen-bond acceptors (Lipinski definition) is 3. The number of halogens is 1. The Morgan fingerprint density at radius 1 is 1.13 bits per heavy atom. The number of hydrogen-bond donors (Lipinski definition) is 2. The van der Waals surface area contributed by atoms with E-state index in [4.69, 9.17) is 9.73 Å². The predicted octanol–water partition coefficient (Wildman–Crippen LogP) is 3.78. The second-order valence-corrected chi connectivity index (χ2v) is 7.77. The van der Waals surface area contributed by atoms with Crippen molar-refractivity contribution in [3.05, 3.63) is 70.5 Å². The van der Waals surface area contributed by atoms with Crippen molar-refractivity contribution in [2.45, 2.75) is 39.9 Å². The number of nitrogens with one attached hydrogen (secondary N) is 2. The molecule has 1 unspecified atom stereocenters. The van der Waals surface area contributed by atoms with E-state index < -0.39 is 0 Å². The van der Waals surface area contributed by atoms with Crippen LogP contribution in [0.5, 0.6) is 0 Å². The Morgan fingerprint density at radius 2 is 1.83 bits per heavy atom. The number of aryl methyl sites for hydroxylation is 1. The molecule has 0 bridgehead atoms. The highest BCUT2D eigenvalue weighted by Crippen LogP contribution is 2.16. The number of ether oxygens (including phenoxy) is 1. The van der Waals surface area contributed by atoms with Gasteiger partial charge in [-0.15, -0.1) is 0 Å². The van der Waals surface area contributed by atoms with Gasteiger partial charge in [0.25, 0.3) is 0 Å². The average molecular weight is 413 g/mol. The summed E-state index contributed by atoms with van der Waals surface area (Å²) < 4.78 is 19.3. The molecule has 2 aromatic rings. The van der Waals surface area contributed by atoms with Gasteiger partial charge < -0.3 is 15.4 Å². The molecule has 1 saturated heterocycles. The fourth-order valence-corrected chi connectivity index (χ4v) is 3.42. The Morgan fingerprint density at radius 3 is 2.50 bits per heavy atom. The molecule has 0 radical (unpaired) electrons. The summed E-state index contributed by atoms with van der Waals surface area (Å²) in [5.41, 5.74) is 4.02. The van der Waals surface area contributed by atoms with Crippen LogP contribution in [-0.2, 0) is 17.8 Å². The van der Waals surface area contributed by atoms with Crippen LogP contribution in [0.3, 0.4) is 0 Å². The lowest BCUT2D eigenvalue weighted by Crippen LogP contribution is -2.38. The number of rotatable bonds is 7. The maximum atomic E-state index is 13.9. The molecule has 2 aromatic carbocycles. The third kappa shape index (κ3) is 6.54. The summed E-state index contributed by atoms with van der Waals surface area (Å²) in [5.74, 6) is 0.545. The topological polar surface area (TPSA) is 48.9 Å². The molecule has 162 valence electrons. The number of benzene rings is 2. The quantitative estimate of drug-likeness (QED) is 0.537. The summed E-state index contributed by atoms with van der Waals surface area (Å²) in [6, 6.07) is 13.9. The van der Waals surface area contributed by atoms with E-state index in [1.54, 1.807) is 13.0 Å². The minimum Gasteiger partial charge on any atom is -0.379 e. The van der Waals surface area contributed by atoms with Gasteiger partial charge in [0, 0.05) is 26.2 Å². The van der Waals surface area contributed by atoms with Gasteiger partial charge in [0.15, 0.2) is 5.96 Å². The van der Waals surface area contributed by atoms with Gasteiger partial charge in [0.1, 0.15) is 5.82 Å². The Hall–Kier alpha value is -2.44. The van der Waals surface area contributed by atoms with Gasteiger partial charge >= 0.3 is 0 Å². The normalized spacial score (nSPS) is 16.3. The van der Waals surface area contributed by atoms with Gasteiger partial charge in [-0.3, -0.25) is 4.90 Å². The summed E-state index contributed by atoms with van der Waals surface area (Å²) in [5, 5.41) is 6.64. The number of nitrogens with zero attached hydrogens (tertiary/aromatic N) is 2. The van der Waals surface area contributed by atoms with Crippen molar-refractivity contribution in [3.8, 4) is 0 Å². The highest BCUT2D eigenvalue weighted by atomic mass is 19.1. The van der Waals surface area contributed by atoms with Gasteiger partial charge in [-0.25, -0.2) is 9.38 Å². The lowest BCUT2D eigenvalue weighted by atomic mass is 10.1. The van der Waals surface area contributed by atoms with Crippen molar-refractivity contribution >= 4 is 5.96 Å². The fourth-order valence-electron chi connectivity index (χ4n) is 3.42. The zero-order valence-electron chi connectivity index (χ0n) is 18.2. The Balaban J connectivity index is 1.58. The Bertz CT molecular complexity index is 832. The van der Waals surface area contributed by atoms with Gasteiger partial charge in [0.05, 0.1) is 25.8 Å². The predicted molar refractivity (Wildman–Crippen MR) is 120 cm³/mol. The van der Waals surface area contributed by atoms with E-state index in [9.17, 15) is 4.39 Å². The van der Waals surface area contributed by atoms with Crippen molar-refractivity contribution in [1.29, 1.82) is 0 Å². The molecular weight excluding hydrogens is 379 g/mol. The van der Waals surface area contributed by atoms with Crippen molar-refractivity contribution in [2.75, 3.05) is 32.8 Å². The van der Waals surface area contributed by atoms with E-state index in [-0.39, 0.29) is 11.9 Å². The smallest absolute Gasteiger partial charge is 0.192 e. The second kappa shape index (κ2) is 11.1. The summed E-state index contributed by atoms with van der Waals surface area (Å²) in [7, 11) is 0. The zero-order chi connectivity index (χ0) is 21.3. The summed E-state index contributed by atoms with van der Waals surface area (Å²) in [4.78, 5) is 7.12. The molecule has 1 atom stereocenters. The molecule has 3 rings (SSSR count). The first-order valence-electron chi connectivity index (χ1n) is 10.7. The highest BCUT2D eigenvalue weighted by molar-refractivity contribution is 5.80. The van der Waals surface area contributed by atoms with Crippen LogP contribution in [0.25, 0.3) is 0 Å². The maximum Gasteiger partial charge on any atom is 0.192 e. The van der Waals surface area contributed by atoms with Crippen LogP contribution in [-0.4, -0.2) is 43.7 Å². The largest absolute Gasteiger partial charge is 0.379 e. The van der Waals surface area contributed by atoms with Crippen LogP contribution in [0.2, 0.25) is 0 Å². The van der Waals surface area contributed by atoms with E-state index in [1.807, 2.05) is 26.0 Å². The van der Waals surface area contributed by atoms with Crippen molar-refractivity contribution in [1.82, 2.24) is 15.5 Å². The molecule has 2 N–H and O–H groups in total. The summed E-state index contributed by atoms with van der Waals surface area (Å²) in [6.45, 7) is 11.8. The molecule has 0 saturated carbocycles. The van der Waals surface area contributed by atoms with Crippen LogP contribution in [0.4, 0.5) is 4.39 Å². The Labute approximate surface area is 179 Å². The molecule has 1 aliphatic rings. The van der Waals surface area contributed by atoms with Crippen molar-refractivity contribution in [2.24, 2.45) is 4.99 Å². The lowest BCUT2D eigenvalue weighted by molar-refractivity contribution is 0.0342. The van der Waals surface area contributed by atoms with E-state index in [0.717, 1.165) is 56.5 Å². The van der Waals surface area contributed by atoms with E-state index in [0.29, 0.717) is 12.1 Å². The first-order chi connectivity index (χ1) is 14.5. The SMILES string of the molecule is CCNC(=NCc1ccc(CN2CCOCC2)cc1)NC(C)c1ccc(C)c(F)c1. The van der Waals surface area contributed by atoms with Gasteiger partial charge in [-0.05, 0) is 49.1 Å². The minimum absolute atomic E-state index is 0.0474. The second-order valence-electron chi connectivity index (χ2n) is 7.77. The molecule has 30 heavy (non-hydrogen) atoms. The first-order valence-corrected chi connectivity index (χ1v) is 10.7. The highest BCUT2D eigenvalue weighted by Gasteiger charge is 2.11. The van der Waals surface area contributed by atoms with E-state index >= 15 is 0 Å². The molecule has 0 aromatic heterocycles. The summed E-state index contributed by atoms with van der Waals surface area (Å²) >= 11 is 0. The number of guanidine groups is 1. The molecular formula is C24H33FN4O. The number of morpholine rings is 1. The third-order valence-electron chi connectivity index (χ3n) is 5.35. The first kappa shape index (κ1) is 22.2. The minimum atomic E-state index is -0.180. The third-order valence-corrected chi connectivity index (χ3v) is 5.35. The fraction of sp³-hybridized carbons (Fsp3) is 0.458. The average Bonchev–Trinajstić information content (AvgIpc) is 2.76. The van der Waals surface area contributed by atoms with Crippen LogP contribution >= 0.6 is 0 Å². The van der Waals surface area contributed by atoms with E-state index in [2.05, 4.69) is 39.8 Å². The van der Waals surface area contributed by atoms with Gasteiger partial charge in [0.2, 0.25) is 0 Å². The molecule has 5 nitrogen and oxygen atoms in total. The van der Waals surface area contributed by atoms with E-state index in [1.165, 1.54) is 5.56 Å². The van der Waals surface area contributed by atoms with Gasteiger partial charge in [-0.1, -0.05) is 36.4 Å². The molecule has 1 heterocycles. The van der Waals surface area contributed by atoms with Crippen LogP contribution in [0.1, 0.15) is 42.1 Å². The monoisotopic (exact) mass is 412 g/mol. The van der Waals surface area contributed by atoms with Crippen LogP contribution < -0.4 is 10.6 Å². The van der Waals surface area contributed by atoms with Gasteiger partial charge in [-0.2, -0.15) is 0 Å². The zero-order valence-corrected chi connectivity index (χ0v) is 18.2. The molecule has 0 aliphatic carbocycles. The molecule has 1 aliphatic heterocycles. The maximum absolute atomic E-state index is 13.9. The summed E-state index contributed by atoms with van der Waals surface area (Å²) in [6.07, 6.45) is 0. The molecule has 6 heteroatoms.